The minimum absolute atomic E-state index is 0.141. The Bertz CT molecular complexity index is 682. The molecule has 6 heteroatoms. The van der Waals surface area contributed by atoms with Crippen molar-refractivity contribution in [3.63, 3.8) is 0 Å². The Hall–Kier alpha value is -2.89. The Morgan fingerprint density at radius 1 is 0.800 bits per heavy atom. The van der Waals surface area contributed by atoms with Gasteiger partial charge in [-0.15, -0.1) is 0 Å². The number of hydrogen-bond donors (Lipinski definition) is 5. The first-order valence-corrected chi connectivity index (χ1v) is 5.63. The number of rotatable bonds is 2. The largest absolute Gasteiger partial charge is 0.504 e. The zero-order chi connectivity index (χ0) is 15.0. The predicted molar refractivity (Wildman–Crippen MR) is 69.4 cm³/mol. The summed E-state index contributed by atoms with van der Waals surface area (Å²) in [5.41, 5.74) is 0.237. The summed E-state index contributed by atoms with van der Waals surface area (Å²) in [5.74, 6) is -3.81. The minimum atomic E-state index is -0.738. The number of aryl methyl sites for hydroxylation is 1. The Balaban J connectivity index is 2.58. The van der Waals surface area contributed by atoms with E-state index < -0.39 is 34.5 Å². The number of benzene rings is 2. The van der Waals surface area contributed by atoms with Crippen molar-refractivity contribution in [3.05, 3.63) is 41.0 Å². The van der Waals surface area contributed by atoms with Crippen molar-refractivity contribution < 1.29 is 30.3 Å². The molecule has 0 aliphatic rings. The van der Waals surface area contributed by atoms with Crippen LogP contribution in [0.5, 0.6) is 28.7 Å². The van der Waals surface area contributed by atoms with Crippen molar-refractivity contribution in [1.82, 2.24) is 0 Å². The molecule has 0 aliphatic heterocycles. The van der Waals surface area contributed by atoms with Gasteiger partial charge in [-0.1, -0.05) is 0 Å². The molecule has 0 aliphatic carbocycles. The monoisotopic (exact) mass is 276 g/mol. The molecule has 6 nitrogen and oxygen atoms in total. The Morgan fingerprint density at radius 2 is 1.30 bits per heavy atom. The fourth-order valence-electron chi connectivity index (χ4n) is 1.82. The van der Waals surface area contributed by atoms with Crippen LogP contribution in [0.15, 0.2) is 24.3 Å². The molecule has 20 heavy (non-hydrogen) atoms. The molecule has 0 heterocycles. The summed E-state index contributed by atoms with van der Waals surface area (Å²) in [6.07, 6.45) is 0. The quantitative estimate of drug-likeness (QED) is 0.421. The van der Waals surface area contributed by atoms with E-state index in [0.29, 0.717) is 5.56 Å². The topological polar surface area (TPSA) is 118 Å². The molecule has 0 spiro atoms. The molecule has 104 valence electrons. The van der Waals surface area contributed by atoms with Gasteiger partial charge >= 0.3 is 0 Å². The van der Waals surface area contributed by atoms with Crippen LogP contribution >= 0.6 is 0 Å². The summed E-state index contributed by atoms with van der Waals surface area (Å²) >= 11 is 0. The number of aromatic hydroxyl groups is 5. The summed E-state index contributed by atoms with van der Waals surface area (Å²) < 4.78 is 0. The molecule has 0 fully saturated rings. The van der Waals surface area contributed by atoms with E-state index in [1.165, 1.54) is 12.1 Å². The van der Waals surface area contributed by atoms with Crippen LogP contribution in [0.2, 0.25) is 0 Å². The van der Waals surface area contributed by atoms with Crippen molar-refractivity contribution in [1.29, 1.82) is 0 Å². The van der Waals surface area contributed by atoms with E-state index in [2.05, 4.69) is 0 Å². The normalized spacial score (nSPS) is 10.4. The van der Waals surface area contributed by atoms with Gasteiger partial charge in [0.25, 0.3) is 0 Å². The first-order chi connectivity index (χ1) is 9.31. The van der Waals surface area contributed by atoms with Gasteiger partial charge in [0, 0.05) is 5.56 Å². The van der Waals surface area contributed by atoms with E-state index in [-0.39, 0.29) is 11.1 Å². The van der Waals surface area contributed by atoms with Crippen molar-refractivity contribution in [2.75, 3.05) is 0 Å². The van der Waals surface area contributed by atoms with E-state index >= 15 is 0 Å². The molecular formula is C14H12O6. The molecule has 2 aromatic carbocycles. The lowest BCUT2D eigenvalue weighted by Crippen LogP contribution is -2.02. The number of phenolic OH excluding ortho intramolecular Hbond substituents is 5. The molecule has 0 aromatic heterocycles. The summed E-state index contributed by atoms with van der Waals surface area (Å²) in [7, 11) is 0. The third-order valence-corrected chi connectivity index (χ3v) is 2.81. The zero-order valence-electron chi connectivity index (χ0n) is 10.5. The van der Waals surface area contributed by atoms with Gasteiger partial charge in [-0.05, 0) is 36.8 Å². The highest BCUT2D eigenvalue weighted by atomic mass is 16.3. The maximum atomic E-state index is 12.2. The number of ketones is 1. The molecule has 0 unspecified atom stereocenters. The molecule has 0 atom stereocenters. The van der Waals surface area contributed by atoms with E-state index in [4.69, 9.17) is 0 Å². The van der Waals surface area contributed by atoms with E-state index in [0.717, 1.165) is 12.1 Å². The predicted octanol–water partition coefficient (Wildman–Crippen LogP) is 1.75. The Morgan fingerprint density at radius 3 is 1.85 bits per heavy atom. The number of carbonyl (C=O) groups excluding carboxylic acids is 1. The second-order valence-electron chi connectivity index (χ2n) is 4.37. The van der Waals surface area contributed by atoms with Gasteiger partial charge in [0.05, 0.1) is 5.56 Å². The third kappa shape index (κ3) is 2.18. The zero-order valence-corrected chi connectivity index (χ0v) is 10.5. The van der Waals surface area contributed by atoms with E-state index in [1.807, 2.05) is 0 Å². The van der Waals surface area contributed by atoms with Crippen LogP contribution in [0, 0.1) is 6.92 Å². The molecule has 0 bridgehead atoms. The highest BCUT2D eigenvalue weighted by Crippen LogP contribution is 2.37. The average molecular weight is 276 g/mol. The number of hydrogen-bond acceptors (Lipinski definition) is 6. The Kier molecular flexibility index (Phi) is 3.15. The fourth-order valence-corrected chi connectivity index (χ4v) is 1.82. The highest BCUT2D eigenvalue weighted by molar-refractivity contribution is 6.11. The second kappa shape index (κ2) is 4.65. The molecule has 0 radical (unpaired) electrons. The average Bonchev–Trinajstić information content (AvgIpc) is 2.38. The number of carbonyl (C=O) groups is 1. The first-order valence-electron chi connectivity index (χ1n) is 5.63. The maximum absolute atomic E-state index is 12.2. The summed E-state index contributed by atoms with van der Waals surface area (Å²) in [6.45, 7) is 1.63. The third-order valence-electron chi connectivity index (χ3n) is 2.81. The van der Waals surface area contributed by atoms with Crippen LogP contribution in [0.4, 0.5) is 0 Å². The van der Waals surface area contributed by atoms with Gasteiger partial charge < -0.3 is 25.5 Å². The summed E-state index contributed by atoms with van der Waals surface area (Å²) in [4.78, 5) is 12.2. The van der Waals surface area contributed by atoms with Crippen molar-refractivity contribution in [2.24, 2.45) is 0 Å². The Labute approximate surface area is 113 Å². The van der Waals surface area contributed by atoms with Gasteiger partial charge in [0.1, 0.15) is 0 Å². The van der Waals surface area contributed by atoms with Crippen molar-refractivity contribution >= 4 is 5.78 Å². The lowest BCUT2D eigenvalue weighted by molar-refractivity contribution is 0.103. The molecule has 5 N–H and O–H groups in total. The standard InChI is InChI=1S/C14H12O6/c1-6-2-8(13(19)9(15)3-6)12(18)7-4-10(16)14(20)11(17)5-7/h2-5,15-17,19-20H,1H3. The first kappa shape index (κ1) is 13.5. The van der Waals surface area contributed by atoms with Crippen molar-refractivity contribution in [2.45, 2.75) is 6.92 Å². The minimum Gasteiger partial charge on any atom is -0.504 e. The fraction of sp³-hybridized carbons (Fsp3) is 0.0714. The van der Waals surface area contributed by atoms with Crippen molar-refractivity contribution in [3.8, 4) is 28.7 Å². The number of phenols is 5. The molecule has 2 aromatic rings. The highest BCUT2D eigenvalue weighted by Gasteiger charge is 2.20. The van der Waals surface area contributed by atoms with Crippen LogP contribution in [0.1, 0.15) is 21.5 Å². The van der Waals surface area contributed by atoms with Gasteiger partial charge in [-0.25, -0.2) is 0 Å². The van der Waals surface area contributed by atoms with E-state index in [9.17, 15) is 30.3 Å². The second-order valence-corrected chi connectivity index (χ2v) is 4.37. The van der Waals surface area contributed by atoms with Crippen LogP contribution in [0.25, 0.3) is 0 Å². The van der Waals surface area contributed by atoms with Crippen LogP contribution in [0.3, 0.4) is 0 Å². The van der Waals surface area contributed by atoms with Crippen LogP contribution < -0.4 is 0 Å². The molecule has 2 rings (SSSR count). The lowest BCUT2D eigenvalue weighted by atomic mass is 9.99. The summed E-state index contributed by atoms with van der Waals surface area (Å²) in [5, 5.41) is 47.2. The molecule has 0 saturated carbocycles. The maximum Gasteiger partial charge on any atom is 0.200 e. The van der Waals surface area contributed by atoms with Gasteiger partial charge in [-0.3, -0.25) is 4.79 Å². The lowest BCUT2D eigenvalue weighted by Gasteiger charge is -2.09. The molecule has 0 saturated heterocycles. The molecule has 0 amide bonds. The van der Waals surface area contributed by atoms with Gasteiger partial charge in [0.15, 0.2) is 34.5 Å². The van der Waals surface area contributed by atoms with Gasteiger partial charge in [0.2, 0.25) is 0 Å². The smallest absolute Gasteiger partial charge is 0.200 e. The SMILES string of the molecule is Cc1cc(O)c(O)c(C(=O)c2cc(O)c(O)c(O)c2)c1. The molecular weight excluding hydrogens is 264 g/mol. The van der Waals surface area contributed by atoms with Crippen LogP contribution in [-0.2, 0) is 0 Å². The van der Waals surface area contributed by atoms with E-state index in [1.54, 1.807) is 6.92 Å². The van der Waals surface area contributed by atoms with Gasteiger partial charge in [-0.2, -0.15) is 0 Å². The van der Waals surface area contributed by atoms with Crippen LogP contribution in [-0.4, -0.2) is 31.3 Å². The summed E-state index contributed by atoms with van der Waals surface area (Å²) in [6, 6.07) is 4.56.